The number of hydrogen-bond acceptors (Lipinski definition) is 7. The zero-order valence-electron chi connectivity index (χ0n) is 30.4. The van der Waals surface area contributed by atoms with Crippen LogP contribution in [0.2, 0.25) is 0 Å². The fraction of sp³-hybridized carbons (Fsp3) is 0.512. The van der Waals surface area contributed by atoms with Gasteiger partial charge in [-0.1, -0.05) is 70.2 Å². The summed E-state index contributed by atoms with van der Waals surface area (Å²) in [5, 5.41) is 0. The Morgan fingerprint density at radius 1 is 0.700 bits per heavy atom. The Bertz CT molecular complexity index is 1740. The van der Waals surface area contributed by atoms with E-state index in [0.29, 0.717) is 48.0 Å². The van der Waals surface area contributed by atoms with Crippen LogP contribution in [0.25, 0.3) is 20.8 Å². The largest absolute Gasteiger partial charge is 0.493 e. The molecule has 2 aromatic carbocycles. The predicted octanol–water partition coefficient (Wildman–Crippen LogP) is 9.87. The van der Waals surface area contributed by atoms with Gasteiger partial charge in [0.1, 0.15) is 0 Å². The SMILES string of the molecule is C.C.[C-]#[N+]/C(C(=O)C(C)(C)C)=C1/CC(C)(C)c2cc(OC)c(OC)cc21.[C-]#[N+]/C(C(=O)OCCC)=C1/CC(C)(C)c2cc(OC)c(OC)cc21. The third kappa shape index (κ3) is 8.51. The molecule has 0 amide bonds. The lowest BCUT2D eigenvalue weighted by atomic mass is 9.85. The highest BCUT2D eigenvalue weighted by Gasteiger charge is 2.40. The fourth-order valence-corrected chi connectivity index (χ4v) is 6.17. The lowest BCUT2D eigenvalue weighted by molar-refractivity contribution is -0.138. The molecule has 0 fully saturated rings. The van der Waals surface area contributed by atoms with E-state index in [1.165, 1.54) is 0 Å². The number of allylic oxidation sites excluding steroid dienone is 3. The molecule has 0 aliphatic heterocycles. The van der Waals surface area contributed by atoms with Crippen molar-refractivity contribution < 1.29 is 33.3 Å². The van der Waals surface area contributed by atoms with Crippen LogP contribution in [-0.2, 0) is 25.2 Å². The highest BCUT2D eigenvalue weighted by atomic mass is 16.5. The molecule has 0 radical (unpaired) electrons. The van der Waals surface area contributed by atoms with Crippen molar-refractivity contribution >= 4 is 22.9 Å². The number of benzene rings is 2. The fourth-order valence-electron chi connectivity index (χ4n) is 6.17. The Kier molecular flexibility index (Phi) is 14.5. The first-order chi connectivity index (χ1) is 22.5. The summed E-state index contributed by atoms with van der Waals surface area (Å²) in [6.07, 6.45) is 1.97. The first kappa shape index (κ1) is 43.3. The minimum Gasteiger partial charge on any atom is -0.493 e. The second-order valence-corrected chi connectivity index (χ2v) is 14.2. The second-order valence-electron chi connectivity index (χ2n) is 14.2. The number of ether oxygens (including phenoxy) is 5. The normalized spacial score (nSPS) is 16.6. The van der Waals surface area contributed by atoms with Crippen molar-refractivity contribution in [3.8, 4) is 23.0 Å². The van der Waals surface area contributed by atoms with Gasteiger partial charge in [-0.25, -0.2) is 9.69 Å². The average molecular weight is 689 g/mol. The van der Waals surface area contributed by atoms with Gasteiger partial charge >= 0.3 is 5.97 Å². The molecule has 2 aliphatic carbocycles. The summed E-state index contributed by atoms with van der Waals surface area (Å²) < 4.78 is 26.8. The number of ketones is 1. The molecule has 0 bridgehead atoms. The van der Waals surface area contributed by atoms with Crippen LogP contribution in [0, 0.1) is 18.6 Å². The summed E-state index contributed by atoms with van der Waals surface area (Å²) in [7, 11) is 6.36. The van der Waals surface area contributed by atoms with Crippen LogP contribution in [0.1, 0.15) is 112 Å². The molecule has 0 heterocycles. The Balaban J connectivity index is 0.000000481. The Labute approximate surface area is 300 Å². The summed E-state index contributed by atoms with van der Waals surface area (Å²) in [5.41, 5.74) is 4.76. The topological polar surface area (TPSA) is 89.0 Å². The van der Waals surface area contributed by atoms with E-state index in [-0.39, 0.29) is 42.9 Å². The lowest BCUT2D eigenvalue weighted by Gasteiger charge is -2.20. The van der Waals surface area contributed by atoms with Gasteiger partial charge in [0.25, 0.3) is 5.70 Å². The van der Waals surface area contributed by atoms with Gasteiger partial charge in [0.2, 0.25) is 5.70 Å². The molecule has 0 spiro atoms. The standard InChI is InChI=1S/C20H25NO3.C19H23NO4.2CH4/c1-19(2,3)18(22)17(21-6)13-11-20(4,5)14-10-16(24-8)15(23-7)9-12(13)14;1-7-8-24-18(21)17(20-4)13-11-19(2,3)14-10-16(23-6)15(22-5)9-12(13)14;;/h9-10H,11H2,1-5,7-8H3;9-10H,7-8,11H2,1-3,5-6H3;2*1H4/b2*17-13-;;. The molecule has 0 saturated heterocycles. The predicted molar refractivity (Wildman–Crippen MR) is 201 cm³/mol. The number of methoxy groups -OCH3 is 4. The number of hydrogen-bond donors (Lipinski definition) is 0. The maximum atomic E-state index is 12.8. The van der Waals surface area contributed by atoms with Gasteiger partial charge in [0.05, 0.1) is 48.2 Å². The summed E-state index contributed by atoms with van der Waals surface area (Å²) in [6, 6.07) is 7.63. The zero-order valence-corrected chi connectivity index (χ0v) is 30.4. The molecule has 2 aliphatic rings. The van der Waals surface area contributed by atoms with Crippen molar-refractivity contribution in [3.05, 3.63) is 80.7 Å². The number of nitrogens with zero attached hydrogens (tertiary/aromatic N) is 2. The minimum absolute atomic E-state index is 0. The van der Waals surface area contributed by atoms with Gasteiger partial charge in [-0.15, -0.1) is 0 Å². The molecular weight excluding hydrogens is 632 g/mol. The third-order valence-corrected chi connectivity index (χ3v) is 8.72. The summed E-state index contributed by atoms with van der Waals surface area (Å²) in [5.74, 6) is 1.82. The van der Waals surface area contributed by atoms with Crippen molar-refractivity contribution in [2.45, 2.75) is 100 Å². The molecule has 2 aromatic rings. The molecule has 0 unspecified atom stereocenters. The molecule has 50 heavy (non-hydrogen) atoms. The summed E-state index contributed by atoms with van der Waals surface area (Å²) in [4.78, 5) is 32.1. The highest BCUT2D eigenvalue weighted by Crippen LogP contribution is 2.52. The van der Waals surface area contributed by atoms with Crippen molar-refractivity contribution in [3.63, 3.8) is 0 Å². The van der Waals surface area contributed by atoms with E-state index < -0.39 is 11.4 Å². The van der Waals surface area contributed by atoms with Crippen LogP contribution >= 0.6 is 0 Å². The molecule has 4 rings (SSSR count). The van der Waals surface area contributed by atoms with E-state index in [1.54, 1.807) is 28.4 Å². The van der Waals surface area contributed by atoms with E-state index in [4.69, 9.17) is 36.8 Å². The van der Waals surface area contributed by atoms with Gasteiger partial charge in [-0.05, 0) is 87.8 Å². The minimum atomic E-state index is -0.587. The number of Topliss-reactive ketones (excluding diaryl/α,β-unsaturated/α-hetero) is 1. The number of rotatable bonds is 8. The maximum absolute atomic E-state index is 12.8. The van der Waals surface area contributed by atoms with Crippen molar-refractivity contribution in [2.75, 3.05) is 35.0 Å². The quantitative estimate of drug-likeness (QED) is 0.155. The number of fused-ring (bicyclic) bond motifs is 2. The third-order valence-electron chi connectivity index (χ3n) is 8.72. The van der Waals surface area contributed by atoms with Gasteiger partial charge in [-0.2, -0.15) is 0 Å². The Hall–Kier alpha value is -4.76. The first-order valence-corrected chi connectivity index (χ1v) is 15.9. The van der Waals surface area contributed by atoms with Gasteiger partial charge < -0.3 is 28.5 Å². The average Bonchev–Trinajstić information content (AvgIpc) is 3.46. The second kappa shape index (κ2) is 16.8. The number of carbonyl (C=O) groups is 2. The molecule has 0 saturated carbocycles. The van der Waals surface area contributed by atoms with E-state index >= 15 is 0 Å². The van der Waals surface area contributed by atoms with Crippen LogP contribution in [0.5, 0.6) is 23.0 Å². The van der Waals surface area contributed by atoms with Crippen LogP contribution in [-0.4, -0.2) is 46.8 Å². The molecule has 9 heteroatoms. The van der Waals surface area contributed by atoms with Crippen molar-refractivity contribution in [1.82, 2.24) is 0 Å². The van der Waals surface area contributed by atoms with Crippen molar-refractivity contribution in [1.29, 1.82) is 0 Å². The first-order valence-electron chi connectivity index (χ1n) is 15.9. The van der Waals surface area contributed by atoms with Crippen LogP contribution in [0.4, 0.5) is 0 Å². The molecule has 272 valence electrons. The molecule has 0 aromatic heterocycles. The lowest BCUT2D eigenvalue weighted by Crippen LogP contribution is -2.21. The summed E-state index contributed by atoms with van der Waals surface area (Å²) >= 11 is 0. The number of esters is 1. The smallest absolute Gasteiger partial charge is 0.336 e. The Morgan fingerprint density at radius 2 is 1.06 bits per heavy atom. The van der Waals surface area contributed by atoms with E-state index in [1.807, 2.05) is 52.0 Å². The zero-order chi connectivity index (χ0) is 36.2. The highest BCUT2D eigenvalue weighted by molar-refractivity contribution is 6.08. The molecule has 0 atom stereocenters. The van der Waals surface area contributed by atoms with Crippen molar-refractivity contribution in [2.24, 2.45) is 5.41 Å². The Morgan fingerprint density at radius 3 is 1.38 bits per heavy atom. The van der Waals surface area contributed by atoms with Gasteiger partial charge in [-0.3, -0.25) is 4.79 Å². The van der Waals surface area contributed by atoms with E-state index in [9.17, 15) is 9.59 Å². The molecule has 9 nitrogen and oxygen atoms in total. The maximum Gasteiger partial charge on any atom is 0.336 e. The van der Waals surface area contributed by atoms with Gasteiger partial charge in [0, 0.05) is 5.41 Å². The van der Waals surface area contributed by atoms with E-state index in [0.717, 1.165) is 34.2 Å². The molecule has 0 N–H and O–H groups in total. The number of carbonyl (C=O) groups excluding carboxylic acids is 2. The van der Waals surface area contributed by atoms with Crippen LogP contribution < -0.4 is 18.9 Å². The monoisotopic (exact) mass is 688 g/mol. The summed E-state index contributed by atoms with van der Waals surface area (Å²) in [6.45, 7) is 31.2. The van der Waals surface area contributed by atoms with Crippen LogP contribution in [0.3, 0.4) is 0 Å². The van der Waals surface area contributed by atoms with Crippen LogP contribution in [0.15, 0.2) is 35.7 Å². The van der Waals surface area contributed by atoms with E-state index in [2.05, 4.69) is 37.4 Å². The van der Waals surface area contributed by atoms with Gasteiger partial charge in [0.15, 0.2) is 28.8 Å². The molecular formula is C41H56N2O7.